The maximum Gasteiger partial charge on any atom is 0.227 e. The van der Waals surface area contributed by atoms with Crippen molar-refractivity contribution < 1.29 is 4.79 Å². The highest BCUT2D eigenvalue weighted by atomic mass is 32.1. The molecule has 0 saturated carbocycles. The van der Waals surface area contributed by atoms with E-state index in [-0.39, 0.29) is 11.9 Å². The van der Waals surface area contributed by atoms with Crippen LogP contribution in [0.1, 0.15) is 18.2 Å². The summed E-state index contributed by atoms with van der Waals surface area (Å²) in [5, 5.41) is 2.01. The maximum absolute atomic E-state index is 12.0. The van der Waals surface area contributed by atoms with Gasteiger partial charge in [-0.2, -0.15) is 0 Å². The molecule has 1 saturated heterocycles. The van der Waals surface area contributed by atoms with Crippen LogP contribution in [-0.2, 0) is 11.2 Å². The number of piperidine rings is 1. The molecule has 2 heterocycles. The lowest BCUT2D eigenvalue weighted by atomic mass is 9.94. The Balaban J connectivity index is 1.90. The van der Waals surface area contributed by atoms with Gasteiger partial charge in [-0.3, -0.25) is 4.79 Å². The van der Waals surface area contributed by atoms with E-state index in [1.165, 1.54) is 0 Å². The molecule has 0 aliphatic carbocycles. The monoisotopic (exact) mass is 238 g/mol. The standard InChI is InChI=1S/C12H18N2OS/c1-9-4-5-14(8-11(9)13)12(15)7-10-3-2-6-16-10/h2-3,6,9,11H,4-5,7-8,13H2,1H3. The summed E-state index contributed by atoms with van der Waals surface area (Å²) in [5.74, 6) is 0.746. The molecule has 0 aromatic carbocycles. The second kappa shape index (κ2) is 4.97. The minimum absolute atomic E-state index is 0.140. The van der Waals surface area contributed by atoms with Crippen LogP contribution in [0.2, 0.25) is 0 Å². The Morgan fingerprint density at radius 3 is 3.12 bits per heavy atom. The van der Waals surface area contributed by atoms with Gasteiger partial charge in [0.05, 0.1) is 6.42 Å². The number of carbonyl (C=O) groups excluding carboxylic acids is 1. The van der Waals surface area contributed by atoms with Crippen LogP contribution < -0.4 is 5.73 Å². The number of nitrogens with two attached hydrogens (primary N) is 1. The van der Waals surface area contributed by atoms with Gasteiger partial charge in [-0.1, -0.05) is 13.0 Å². The fraction of sp³-hybridized carbons (Fsp3) is 0.583. The molecule has 1 amide bonds. The van der Waals surface area contributed by atoms with E-state index in [2.05, 4.69) is 6.92 Å². The van der Waals surface area contributed by atoms with E-state index in [1.54, 1.807) is 11.3 Å². The molecule has 2 rings (SSSR count). The highest BCUT2D eigenvalue weighted by Gasteiger charge is 2.26. The van der Waals surface area contributed by atoms with Crippen LogP contribution in [0.4, 0.5) is 0 Å². The van der Waals surface area contributed by atoms with Crippen molar-refractivity contribution in [2.24, 2.45) is 11.7 Å². The summed E-state index contributed by atoms with van der Waals surface area (Å²) in [6.07, 6.45) is 1.55. The molecule has 1 aliphatic heterocycles. The third kappa shape index (κ3) is 2.62. The van der Waals surface area contributed by atoms with E-state index < -0.39 is 0 Å². The molecule has 2 atom stereocenters. The maximum atomic E-state index is 12.0. The first kappa shape index (κ1) is 11.6. The van der Waals surface area contributed by atoms with Gasteiger partial charge in [0.2, 0.25) is 5.91 Å². The Hall–Kier alpha value is -0.870. The molecule has 0 spiro atoms. The summed E-state index contributed by atoms with van der Waals surface area (Å²) in [7, 11) is 0. The van der Waals surface area contributed by atoms with Crippen molar-refractivity contribution in [3.63, 3.8) is 0 Å². The first-order chi connectivity index (χ1) is 7.66. The van der Waals surface area contributed by atoms with Gasteiger partial charge in [0.1, 0.15) is 0 Å². The summed E-state index contributed by atoms with van der Waals surface area (Å²) in [4.78, 5) is 15.0. The Morgan fingerprint density at radius 1 is 1.69 bits per heavy atom. The topological polar surface area (TPSA) is 46.3 Å². The molecule has 88 valence electrons. The Bertz CT molecular complexity index is 350. The van der Waals surface area contributed by atoms with Gasteiger partial charge in [0.15, 0.2) is 0 Å². The number of amides is 1. The van der Waals surface area contributed by atoms with Crippen LogP contribution in [0.15, 0.2) is 17.5 Å². The molecule has 1 aliphatic rings. The number of likely N-dealkylation sites (tertiary alicyclic amines) is 1. The summed E-state index contributed by atoms with van der Waals surface area (Å²) in [6.45, 7) is 3.73. The highest BCUT2D eigenvalue weighted by molar-refractivity contribution is 7.10. The minimum Gasteiger partial charge on any atom is -0.341 e. The summed E-state index contributed by atoms with van der Waals surface area (Å²) < 4.78 is 0. The number of thiophene rings is 1. The van der Waals surface area contributed by atoms with Crippen molar-refractivity contribution in [3.05, 3.63) is 22.4 Å². The van der Waals surface area contributed by atoms with Crippen molar-refractivity contribution in [1.82, 2.24) is 4.90 Å². The smallest absolute Gasteiger partial charge is 0.227 e. The van der Waals surface area contributed by atoms with Gasteiger partial charge < -0.3 is 10.6 Å². The van der Waals surface area contributed by atoms with Crippen molar-refractivity contribution in [3.8, 4) is 0 Å². The number of nitrogens with zero attached hydrogens (tertiary/aromatic N) is 1. The van der Waals surface area contributed by atoms with Gasteiger partial charge in [0, 0.05) is 24.0 Å². The fourth-order valence-electron chi connectivity index (χ4n) is 2.00. The summed E-state index contributed by atoms with van der Waals surface area (Å²) in [6, 6.07) is 4.13. The van der Waals surface area contributed by atoms with Crippen LogP contribution >= 0.6 is 11.3 Å². The molecule has 1 aromatic rings. The Morgan fingerprint density at radius 2 is 2.50 bits per heavy atom. The summed E-state index contributed by atoms with van der Waals surface area (Å²) >= 11 is 1.64. The van der Waals surface area contributed by atoms with E-state index >= 15 is 0 Å². The Kier molecular flexibility index (Phi) is 3.61. The van der Waals surface area contributed by atoms with E-state index in [0.29, 0.717) is 18.9 Å². The van der Waals surface area contributed by atoms with Crippen molar-refractivity contribution >= 4 is 17.2 Å². The fourth-order valence-corrected chi connectivity index (χ4v) is 2.70. The molecule has 4 heteroatoms. The number of hydrogen-bond acceptors (Lipinski definition) is 3. The van der Waals surface area contributed by atoms with Crippen LogP contribution in [0.3, 0.4) is 0 Å². The van der Waals surface area contributed by atoms with E-state index in [4.69, 9.17) is 5.73 Å². The molecule has 1 fully saturated rings. The molecule has 0 bridgehead atoms. The average molecular weight is 238 g/mol. The predicted molar refractivity (Wildman–Crippen MR) is 66.4 cm³/mol. The van der Waals surface area contributed by atoms with Crippen molar-refractivity contribution in [2.75, 3.05) is 13.1 Å². The lowest BCUT2D eigenvalue weighted by Gasteiger charge is -2.35. The normalized spacial score (nSPS) is 25.8. The van der Waals surface area contributed by atoms with E-state index in [1.807, 2.05) is 22.4 Å². The van der Waals surface area contributed by atoms with Crippen molar-refractivity contribution in [1.29, 1.82) is 0 Å². The van der Waals surface area contributed by atoms with E-state index in [9.17, 15) is 4.79 Å². The van der Waals surface area contributed by atoms with Crippen LogP contribution in [0.25, 0.3) is 0 Å². The van der Waals surface area contributed by atoms with Gasteiger partial charge >= 0.3 is 0 Å². The quantitative estimate of drug-likeness (QED) is 0.848. The molecule has 3 nitrogen and oxygen atoms in total. The molecule has 16 heavy (non-hydrogen) atoms. The van der Waals surface area contributed by atoms with Gasteiger partial charge in [-0.25, -0.2) is 0 Å². The third-order valence-electron chi connectivity index (χ3n) is 3.27. The molecular formula is C12H18N2OS. The zero-order chi connectivity index (χ0) is 11.5. The van der Waals surface area contributed by atoms with Gasteiger partial charge in [-0.15, -0.1) is 11.3 Å². The molecule has 0 radical (unpaired) electrons. The second-order valence-corrected chi connectivity index (χ2v) is 5.56. The first-order valence-corrected chi connectivity index (χ1v) is 6.60. The predicted octanol–water partition coefficient (Wildman–Crippen LogP) is 1.49. The second-order valence-electron chi connectivity index (χ2n) is 4.53. The van der Waals surface area contributed by atoms with Crippen molar-refractivity contribution in [2.45, 2.75) is 25.8 Å². The van der Waals surface area contributed by atoms with E-state index in [0.717, 1.165) is 17.8 Å². The molecule has 2 unspecified atom stereocenters. The zero-order valence-corrected chi connectivity index (χ0v) is 10.4. The zero-order valence-electron chi connectivity index (χ0n) is 9.56. The van der Waals surface area contributed by atoms with Gasteiger partial charge in [0.25, 0.3) is 0 Å². The van der Waals surface area contributed by atoms with Gasteiger partial charge in [-0.05, 0) is 23.8 Å². The highest BCUT2D eigenvalue weighted by Crippen LogP contribution is 2.17. The largest absolute Gasteiger partial charge is 0.341 e. The summed E-state index contributed by atoms with van der Waals surface area (Å²) in [5.41, 5.74) is 5.99. The Labute approximate surface area is 100 Å². The number of hydrogen-bond donors (Lipinski definition) is 1. The average Bonchev–Trinajstić information content (AvgIpc) is 2.74. The first-order valence-electron chi connectivity index (χ1n) is 5.72. The number of carbonyl (C=O) groups is 1. The van der Waals surface area contributed by atoms with Crippen LogP contribution in [0, 0.1) is 5.92 Å². The molecule has 2 N–H and O–H groups in total. The lowest BCUT2D eigenvalue weighted by molar-refractivity contribution is -0.132. The third-order valence-corrected chi connectivity index (χ3v) is 4.15. The SMILES string of the molecule is CC1CCN(C(=O)Cc2cccs2)CC1N. The van der Waals surface area contributed by atoms with Crippen LogP contribution in [0.5, 0.6) is 0 Å². The molecular weight excluding hydrogens is 220 g/mol. The lowest BCUT2D eigenvalue weighted by Crippen LogP contribution is -2.50. The minimum atomic E-state index is 0.140. The molecule has 1 aromatic heterocycles. The number of rotatable bonds is 2. The van der Waals surface area contributed by atoms with Crippen LogP contribution in [-0.4, -0.2) is 29.9 Å².